The van der Waals surface area contributed by atoms with Crippen LogP contribution in [0.3, 0.4) is 0 Å². The largest absolute Gasteiger partial charge is 0.465 e. The summed E-state index contributed by atoms with van der Waals surface area (Å²) in [5.74, 6) is -3.67. The van der Waals surface area contributed by atoms with Gasteiger partial charge in [-0.15, -0.1) is 0 Å². The number of Topliss-reactive ketones (excluding diaryl/α,β-unsaturated/α-hetero) is 1. The van der Waals surface area contributed by atoms with E-state index in [2.05, 4.69) is 0 Å². The number of hydrogen-bond acceptors (Lipinski definition) is 9. The quantitative estimate of drug-likeness (QED) is 0.102. The summed E-state index contributed by atoms with van der Waals surface area (Å²) in [4.78, 5) is 57.7. The molecule has 0 bridgehead atoms. The Morgan fingerprint density at radius 2 is 1.48 bits per heavy atom. The predicted molar refractivity (Wildman–Crippen MR) is 152 cm³/mol. The van der Waals surface area contributed by atoms with Gasteiger partial charge in [0.05, 0.1) is 29.7 Å². The van der Waals surface area contributed by atoms with Crippen LogP contribution in [-0.4, -0.2) is 40.9 Å². The highest BCUT2D eigenvalue weighted by Gasteiger charge is 2.68. The normalized spacial score (nSPS) is 18.7. The first-order chi connectivity index (χ1) is 19.2. The van der Waals surface area contributed by atoms with Crippen LogP contribution in [0.15, 0.2) is 83.9 Å². The van der Waals surface area contributed by atoms with Gasteiger partial charge in [0.2, 0.25) is 5.41 Å². The fraction of sp³-hybridized carbons (Fsp3) is 0.267. The van der Waals surface area contributed by atoms with Crippen molar-refractivity contribution in [2.75, 3.05) is 13.2 Å². The number of nitro groups is 1. The van der Waals surface area contributed by atoms with Crippen molar-refractivity contribution in [1.29, 1.82) is 0 Å². The Labute approximate surface area is 235 Å². The number of aryl methyl sites for hydroxylation is 1. The Morgan fingerprint density at radius 3 is 2.00 bits per heavy atom. The SMILES string of the molecule is CCOC(=O)C1(C(=O)OCC)C(=Nc2ccc(C)cc2)S[C@@H](c2ccc([N+](=O)[O-])cc2)[C@H]1C(=O)c1ccccc1. The second-order valence-electron chi connectivity index (χ2n) is 9.10. The smallest absolute Gasteiger partial charge is 0.331 e. The average molecular weight is 561 g/mol. The van der Waals surface area contributed by atoms with Crippen molar-refractivity contribution >= 4 is 45.9 Å². The zero-order chi connectivity index (χ0) is 28.9. The van der Waals surface area contributed by atoms with Crippen LogP contribution in [-0.2, 0) is 19.1 Å². The number of carbonyl (C=O) groups excluding carboxylic acids is 3. The van der Waals surface area contributed by atoms with Crippen LogP contribution in [0.5, 0.6) is 0 Å². The summed E-state index contributed by atoms with van der Waals surface area (Å²) in [7, 11) is 0. The van der Waals surface area contributed by atoms with Crippen molar-refractivity contribution < 1.29 is 28.8 Å². The molecule has 0 aromatic heterocycles. The first-order valence-corrected chi connectivity index (χ1v) is 13.6. The van der Waals surface area contributed by atoms with Crippen LogP contribution in [0.25, 0.3) is 0 Å². The van der Waals surface area contributed by atoms with Gasteiger partial charge in [0, 0.05) is 22.9 Å². The summed E-state index contributed by atoms with van der Waals surface area (Å²) in [6.07, 6.45) is 0. The summed E-state index contributed by atoms with van der Waals surface area (Å²) in [6, 6.07) is 21.2. The highest BCUT2D eigenvalue weighted by molar-refractivity contribution is 8.14. The summed E-state index contributed by atoms with van der Waals surface area (Å²) >= 11 is 1.08. The third-order valence-corrected chi connectivity index (χ3v) is 8.01. The van der Waals surface area contributed by atoms with E-state index in [9.17, 15) is 24.5 Å². The van der Waals surface area contributed by atoms with Gasteiger partial charge in [-0.3, -0.25) is 24.5 Å². The molecule has 0 N–H and O–H groups in total. The summed E-state index contributed by atoms with van der Waals surface area (Å²) < 4.78 is 10.9. The maximum atomic E-state index is 14.3. The maximum absolute atomic E-state index is 14.3. The van der Waals surface area contributed by atoms with Crippen LogP contribution >= 0.6 is 11.8 Å². The van der Waals surface area contributed by atoms with Gasteiger partial charge in [-0.1, -0.05) is 71.9 Å². The molecule has 206 valence electrons. The average Bonchev–Trinajstić information content (AvgIpc) is 3.30. The standard InChI is InChI=1S/C30H28N2O7S/c1-4-38-28(34)30(29(35)39-5-2)24(25(33)20-9-7-6-8-10-20)26(21-13-17-23(18-14-21)32(36)37)40-27(30)31-22-15-11-19(3)12-16-22/h6-18,24,26H,4-5H2,1-3H3/t24-,26+/m1/s1. The molecule has 1 aliphatic heterocycles. The second-order valence-corrected chi connectivity index (χ2v) is 10.2. The summed E-state index contributed by atoms with van der Waals surface area (Å²) in [5.41, 5.74) is -0.0758. The Morgan fingerprint density at radius 1 is 0.900 bits per heavy atom. The molecule has 0 saturated carbocycles. The topological polar surface area (TPSA) is 125 Å². The molecule has 3 aromatic rings. The van der Waals surface area contributed by atoms with E-state index in [1.165, 1.54) is 24.3 Å². The van der Waals surface area contributed by atoms with E-state index in [4.69, 9.17) is 14.5 Å². The minimum Gasteiger partial charge on any atom is -0.465 e. The molecule has 1 fully saturated rings. The Kier molecular flexibility index (Phi) is 8.79. The fourth-order valence-electron chi connectivity index (χ4n) is 4.66. The number of hydrogen-bond donors (Lipinski definition) is 0. The van der Waals surface area contributed by atoms with Gasteiger partial charge in [0.25, 0.3) is 5.69 Å². The maximum Gasteiger partial charge on any atom is 0.331 e. The van der Waals surface area contributed by atoms with Gasteiger partial charge < -0.3 is 9.47 Å². The summed E-state index contributed by atoms with van der Waals surface area (Å²) in [5, 5.41) is 10.5. The Balaban J connectivity index is 2.02. The molecule has 2 atom stereocenters. The molecule has 10 heteroatoms. The van der Waals surface area contributed by atoms with E-state index < -0.39 is 39.2 Å². The number of carbonyl (C=O) groups is 3. The molecule has 9 nitrogen and oxygen atoms in total. The lowest BCUT2D eigenvalue weighted by molar-refractivity contribution is -0.384. The molecule has 0 radical (unpaired) electrons. The molecule has 0 unspecified atom stereocenters. The minimum absolute atomic E-state index is 0.0447. The molecular formula is C30H28N2O7S. The van der Waals surface area contributed by atoms with Gasteiger partial charge >= 0.3 is 11.9 Å². The fourth-order valence-corrected chi connectivity index (χ4v) is 6.29. The van der Waals surface area contributed by atoms with Gasteiger partial charge in [0.15, 0.2) is 5.78 Å². The Hall–Kier alpha value is -4.31. The minimum atomic E-state index is -2.21. The number of aliphatic imine (C=N–C) groups is 1. The van der Waals surface area contributed by atoms with E-state index >= 15 is 0 Å². The number of thioether (sulfide) groups is 1. The van der Waals surface area contributed by atoms with Crippen LogP contribution < -0.4 is 0 Å². The van der Waals surface area contributed by atoms with Crippen LogP contribution in [0.2, 0.25) is 0 Å². The molecule has 40 heavy (non-hydrogen) atoms. The van der Waals surface area contributed by atoms with Crippen molar-refractivity contribution in [2.24, 2.45) is 16.3 Å². The number of benzene rings is 3. The molecule has 1 aliphatic rings. The van der Waals surface area contributed by atoms with Crippen molar-refractivity contribution in [3.63, 3.8) is 0 Å². The van der Waals surface area contributed by atoms with E-state index in [0.29, 0.717) is 11.3 Å². The van der Waals surface area contributed by atoms with Gasteiger partial charge in [-0.05, 0) is 38.5 Å². The van der Waals surface area contributed by atoms with Crippen LogP contribution in [0.1, 0.15) is 40.6 Å². The van der Waals surface area contributed by atoms with E-state index in [-0.39, 0.29) is 29.5 Å². The summed E-state index contributed by atoms with van der Waals surface area (Å²) in [6.45, 7) is 5.05. The van der Waals surface area contributed by atoms with Gasteiger partial charge in [-0.2, -0.15) is 0 Å². The third kappa shape index (κ3) is 5.40. The van der Waals surface area contributed by atoms with Gasteiger partial charge in [0.1, 0.15) is 5.04 Å². The van der Waals surface area contributed by atoms with E-state index in [1.54, 1.807) is 56.3 Å². The molecule has 0 amide bonds. The molecule has 0 spiro atoms. The highest BCUT2D eigenvalue weighted by Crippen LogP contribution is 2.59. The number of esters is 2. The lowest BCUT2D eigenvalue weighted by atomic mass is 9.69. The Bertz CT molecular complexity index is 1420. The lowest BCUT2D eigenvalue weighted by Gasteiger charge is -2.31. The number of ketones is 1. The van der Waals surface area contributed by atoms with Crippen molar-refractivity contribution in [3.05, 3.63) is 106 Å². The van der Waals surface area contributed by atoms with Crippen molar-refractivity contribution in [1.82, 2.24) is 0 Å². The predicted octanol–water partition coefficient (Wildman–Crippen LogP) is 6.03. The molecule has 1 saturated heterocycles. The van der Waals surface area contributed by atoms with Crippen LogP contribution in [0.4, 0.5) is 11.4 Å². The zero-order valence-corrected chi connectivity index (χ0v) is 23.1. The number of nitro benzene ring substituents is 1. The van der Waals surface area contributed by atoms with Crippen LogP contribution in [0, 0.1) is 28.4 Å². The monoisotopic (exact) mass is 560 g/mol. The molecule has 1 heterocycles. The molecule has 4 rings (SSSR count). The third-order valence-electron chi connectivity index (χ3n) is 6.58. The number of non-ortho nitro benzene ring substituents is 1. The second kappa shape index (κ2) is 12.3. The molecular weight excluding hydrogens is 532 g/mol. The number of ether oxygens (including phenoxy) is 2. The number of nitrogens with zero attached hydrogens (tertiary/aromatic N) is 2. The lowest BCUT2D eigenvalue weighted by Crippen LogP contribution is -2.52. The highest BCUT2D eigenvalue weighted by atomic mass is 32.2. The van der Waals surface area contributed by atoms with Crippen molar-refractivity contribution in [3.8, 4) is 0 Å². The molecule has 0 aliphatic carbocycles. The van der Waals surface area contributed by atoms with Gasteiger partial charge in [-0.25, -0.2) is 4.99 Å². The van der Waals surface area contributed by atoms with E-state index in [0.717, 1.165) is 17.3 Å². The first-order valence-electron chi connectivity index (χ1n) is 12.7. The first kappa shape index (κ1) is 28.7. The van der Waals surface area contributed by atoms with E-state index in [1.807, 2.05) is 19.1 Å². The number of rotatable bonds is 9. The zero-order valence-electron chi connectivity index (χ0n) is 22.2. The van der Waals surface area contributed by atoms with Crippen molar-refractivity contribution in [2.45, 2.75) is 26.0 Å². The molecule has 3 aromatic carbocycles.